The van der Waals surface area contributed by atoms with Crippen LogP contribution in [0, 0.1) is 5.92 Å². The zero-order valence-electron chi connectivity index (χ0n) is 10.2. The van der Waals surface area contributed by atoms with E-state index in [1.165, 1.54) is 7.11 Å². The monoisotopic (exact) mass is 222 g/mol. The summed E-state index contributed by atoms with van der Waals surface area (Å²) in [6.45, 7) is 6.19. The molecule has 0 fully saturated rings. The highest BCUT2D eigenvalue weighted by atomic mass is 16.5. The first-order chi connectivity index (χ1) is 7.54. The lowest BCUT2D eigenvalue weighted by atomic mass is 10.1. The Morgan fingerprint density at radius 2 is 1.94 bits per heavy atom. The van der Waals surface area contributed by atoms with E-state index in [2.05, 4.69) is 18.6 Å². The fourth-order valence-electron chi connectivity index (χ4n) is 1.16. The van der Waals surface area contributed by atoms with Crippen LogP contribution in [0.4, 0.5) is 0 Å². The molecular weight excluding hydrogens is 204 g/mol. The van der Waals surface area contributed by atoms with Crippen molar-refractivity contribution in [2.45, 2.75) is 26.9 Å². The Balaban J connectivity index is 2.78. The third-order valence-corrected chi connectivity index (χ3v) is 2.52. The number of hydrogen-bond acceptors (Lipinski definition) is 3. The molecule has 1 atom stereocenters. The number of carbonyl (C=O) groups excluding carboxylic acids is 1. The Labute approximate surface area is 96.4 Å². The van der Waals surface area contributed by atoms with E-state index in [0.29, 0.717) is 17.2 Å². The molecule has 0 spiro atoms. The van der Waals surface area contributed by atoms with Crippen LogP contribution in [0.1, 0.15) is 31.1 Å². The lowest BCUT2D eigenvalue weighted by molar-refractivity contribution is 0.0599. The van der Waals surface area contributed by atoms with Gasteiger partial charge in [-0.15, -0.1) is 0 Å². The number of rotatable bonds is 4. The summed E-state index contributed by atoms with van der Waals surface area (Å²) < 4.78 is 10.4. The molecule has 3 heteroatoms. The van der Waals surface area contributed by atoms with Gasteiger partial charge in [0.1, 0.15) is 5.75 Å². The Morgan fingerprint density at radius 1 is 1.25 bits per heavy atom. The van der Waals surface area contributed by atoms with Gasteiger partial charge in [-0.2, -0.15) is 0 Å². The predicted octanol–water partition coefficient (Wildman–Crippen LogP) is 2.90. The fourth-order valence-corrected chi connectivity index (χ4v) is 1.16. The van der Waals surface area contributed by atoms with Gasteiger partial charge in [-0.05, 0) is 31.0 Å². The number of benzene rings is 1. The molecule has 0 saturated heterocycles. The van der Waals surface area contributed by atoms with E-state index in [1.807, 2.05) is 13.0 Å². The number of methoxy groups -OCH3 is 1. The van der Waals surface area contributed by atoms with Gasteiger partial charge < -0.3 is 9.47 Å². The van der Waals surface area contributed by atoms with Crippen LogP contribution in [-0.4, -0.2) is 19.2 Å². The molecule has 0 aromatic heterocycles. The molecule has 0 aliphatic carbocycles. The van der Waals surface area contributed by atoms with E-state index in [9.17, 15) is 4.79 Å². The Morgan fingerprint density at radius 3 is 2.50 bits per heavy atom. The SMILES string of the molecule is COC(=O)c1cccc(OC(C)C(C)C)c1. The van der Waals surface area contributed by atoms with Crippen LogP contribution in [0.5, 0.6) is 5.75 Å². The summed E-state index contributed by atoms with van der Waals surface area (Å²) in [4.78, 5) is 11.3. The zero-order valence-corrected chi connectivity index (χ0v) is 10.2. The van der Waals surface area contributed by atoms with Crippen molar-refractivity contribution in [1.82, 2.24) is 0 Å². The summed E-state index contributed by atoms with van der Waals surface area (Å²) in [5.74, 6) is 0.786. The molecule has 1 aromatic carbocycles. The maximum absolute atomic E-state index is 11.3. The zero-order chi connectivity index (χ0) is 12.1. The first kappa shape index (κ1) is 12.6. The second-order valence-electron chi connectivity index (χ2n) is 4.09. The van der Waals surface area contributed by atoms with Crippen molar-refractivity contribution in [2.24, 2.45) is 5.92 Å². The molecule has 0 heterocycles. The van der Waals surface area contributed by atoms with Gasteiger partial charge in [-0.25, -0.2) is 4.79 Å². The smallest absolute Gasteiger partial charge is 0.337 e. The minimum Gasteiger partial charge on any atom is -0.490 e. The van der Waals surface area contributed by atoms with E-state index >= 15 is 0 Å². The van der Waals surface area contributed by atoms with E-state index < -0.39 is 0 Å². The lowest BCUT2D eigenvalue weighted by Crippen LogP contribution is -2.18. The van der Waals surface area contributed by atoms with E-state index in [4.69, 9.17) is 4.74 Å². The first-order valence-corrected chi connectivity index (χ1v) is 5.39. The Bertz CT molecular complexity index is 358. The number of ether oxygens (including phenoxy) is 2. The molecule has 0 saturated carbocycles. The standard InChI is InChI=1S/C13H18O3/c1-9(2)10(3)16-12-7-5-6-11(8-12)13(14)15-4/h5-10H,1-4H3. The van der Waals surface area contributed by atoms with Gasteiger partial charge in [-0.1, -0.05) is 19.9 Å². The molecule has 0 aliphatic heterocycles. The van der Waals surface area contributed by atoms with E-state index in [1.54, 1.807) is 18.2 Å². The maximum atomic E-state index is 11.3. The second kappa shape index (κ2) is 5.54. The summed E-state index contributed by atoms with van der Waals surface area (Å²) in [6.07, 6.45) is 0.118. The summed E-state index contributed by atoms with van der Waals surface area (Å²) in [5.41, 5.74) is 0.510. The van der Waals surface area contributed by atoms with Crippen molar-refractivity contribution in [3.05, 3.63) is 29.8 Å². The summed E-state index contributed by atoms with van der Waals surface area (Å²) >= 11 is 0. The molecule has 3 nitrogen and oxygen atoms in total. The minimum atomic E-state index is -0.345. The molecule has 1 aromatic rings. The summed E-state index contributed by atoms with van der Waals surface area (Å²) in [5, 5.41) is 0. The molecule has 16 heavy (non-hydrogen) atoms. The third-order valence-electron chi connectivity index (χ3n) is 2.52. The van der Waals surface area contributed by atoms with Crippen LogP contribution in [0.3, 0.4) is 0 Å². The van der Waals surface area contributed by atoms with Gasteiger partial charge in [-0.3, -0.25) is 0 Å². The fraction of sp³-hybridized carbons (Fsp3) is 0.462. The summed E-state index contributed by atoms with van der Waals surface area (Å²) in [6, 6.07) is 7.03. The van der Waals surface area contributed by atoms with Crippen LogP contribution in [0.25, 0.3) is 0 Å². The summed E-state index contributed by atoms with van der Waals surface area (Å²) in [7, 11) is 1.37. The molecular formula is C13H18O3. The van der Waals surface area contributed by atoms with Gasteiger partial charge >= 0.3 is 5.97 Å². The van der Waals surface area contributed by atoms with Crippen molar-refractivity contribution in [3.8, 4) is 5.75 Å². The van der Waals surface area contributed by atoms with Crippen LogP contribution >= 0.6 is 0 Å². The normalized spacial score (nSPS) is 12.3. The van der Waals surface area contributed by atoms with Crippen molar-refractivity contribution in [2.75, 3.05) is 7.11 Å². The van der Waals surface area contributed by atoms with Crippen LogP contribution < -0.4 is 4.74 Å². The molecule has 1 unspecified atom stereocenters. The van der Waals surface area contributed by atoms with Crippen LogP contribution in [-0.2, 0) is 4.74 Å². The Hall–Kier alpha value is -1.51. The van der Waals surface area contributed by atoms with Gasteiger partial charge in [0.05, 0.1) is 18.8 Å². The highest BCUT2D eigenvalue weighted by molar-refractivity contribution is 5.89. The highest BCUT2D eigenvalue weighted by Crippen LogP contribution is 2.17. The topological polar surface area (TPSA) is 35.5 Å². The molecule has 0 radical (unpaired) electrons. The van der Waals surface area contributed by atoms with Crippen molar-refractivity contribution in [3.63, 3.8) is 0 Å². The Kier molecular flexibility index (Phi) is 4.35. The third kappa shape index (κ3) is 3.26. The molecule has 1 rings (SSSR count). The van der Waals surface area contributed by atoms with Gasteiger partial charge in [0, 0.05) is 0 Å². The van der Waals surface area contributed by atoms with Crippen LogP contribution in [0.2, 0.25) is 0 Å². The average Bonchev–Trinajstić information content (AvgIpc) is 2.28. The second-order valence-corrected chi connectivity index (χ2v) is 4.09. The molecule has 0 amide bonds. The predicted molar refractivity (Wildman–Crippen MR) is 62.7 cm³/mol. The van der Waals surface area contributed by atoms with E-state index in [-0.39, 0.29) is 12.1 Å². The van der Waals surface area contributed by atoms with Gasteiger partial charge in [0.15, 0.2) is 0 Å². The maximum Gasteiger partial charge on any atom is 0.337 e. The highest BCUT2D eigenvalue weighted by Gasteiger charge is 2.10. The minimum absolute atomic E-state index is 0.118. The van der Waals surface area contributed by atoms with Crippen molar-refractivity contribution in [1.29, 1.82) is 0 Å². The van der Waals surface area contributed by atoms with Crippen molar-refractivity contribution >= 4 is 5.97 Å². The number of carbonyl (C=O) groups is 1. The van der Waals surface area contributed by atoms with Crippen LogP contribution in [0.15, 0.2) is 24.3 Å². The first-order valence-electron chi connectivity index (χ1n) is 5.39. The number of hydrogen-bond donors (Lipinski definition) is 0. The average molecular weight is 222 g/mol. The molecule has 0 bridgehead atoms. The van der Waals surface area contributed by atoms with Crippen molar-refractivity contribution < 1.29 is 14.3 Å². The number of esters is 1. The van der Waals surface area contributed by atoms with Gasteiger partial charge in [0.2, 0.25) is 0 Å². The lowest BCUT2D eigenvalue weighted by Gasteiger charge is -2.18. The quantitative estimate of drug-likeness (QED) is 0.735. The molecule has 0 aliphatic rings. The van der Waals surface area contributed by atoms with E-state index in [0.717, 1.165) is 0 Å². The van der Waals surface area contributed by atoms with Gasteiger partial charge in [0.25, 0.3) is 0 Å². The molecule has 88 valence electrons. The molecule has 0 N–H and O–H groups in total. The largest absolute Gasteiger partial charge is 0.490 e.